The Morgan fingerprint density at radius 1 is 0.186 bits per heavy atom. The van der Waals surface area contributed by atoms with Gasteiger partial charge in [0, 0.05) is 71.1 Å². The fourth-order valence-electron chi connectivity index (χ4n) is 13.9. The highest BCUT2D eigenvalue weighted by molar-refractivity contribution is 6.15. The molecule has 0 atom stereocenters. The van der Waals surface area contributed by atoms with Gasteiger partial charge in [-0.3, -0.25) is 4.57 Å². The van der Waals surface area contributed by atoms with E-state index in [0.717, 1.165) is 88.8 Å². The van der Waals surface area contributed by atoms with Gasteiger partial charge in [-0.2, -0.15) is 0 Å². The van der Waals surface area contributed by atoms with E-state index in [0.29, 0.717) is 5.95 Å². The summed E-state index contributed by atoms with van der Waals surface area (Å²) in [4.78, 5) is 11.0. The third-order valence-electron chi connectivity index (χ3n) is 17.8. The van der Waals surface area contributed by atoms with Crippen molar-refractivity contribution in [2.75, 3.05) is 0 Å². The molecule has 86 heavy (non-hydrogen) atoms. The predicted octanol–water partition coefficient (Wildman–Crippen LogP) is 20.7. The molecule has 0 fully saturated rings. The molecule has 6 nitrogen and oxygen atoms in total. The first-order chi connectivity index (χ1) is 42.6. The summed E-state index contributed by atoms with van der Waals surface area (Å²) < 4.78 is 9.40. The van der Waals surface area contributed by atoms with Crippen molar-refractivity contribution in [3.8, 4) is 67.6 Å². The second-order valence-corrected chi connectivity index (χ2v) is 22.5. The first-order valence-electron chi connectivity index (χ1n) is 29.4. The Labute approximate surface area is 494 Å². The molecule has 5 heterocycles. The van der Waals surface area contributed by atoms with Crippen LogP contribution in [-0.2, 0) is 0 Å². The zero-order valence-corrected chi connectivity index (χ0v) is 46.6. The highest BCUT2D eigenvalue weighted by Gasteiger charge is 2.22. The summed E-state index contributed by atoms with van der Waals surface area (Å²) in [7, 11) is 0. The molecule has 0 saturated carbocycles. The molecular weight excluding hydrogens is 1040 g/mol. The molecule has 400 valence electrons. The molecular formula is C80H50N6. The number of hydrogen-bond acceptors (Lipinski definition) is 2. The smallest absolute Gasteiger partial charge is 0.235 e. The van der Waals surface area contributed by atoms with E-state index in [1.165, 1.54) is 71.1 Å². The van der Waals surface area contributed by atoms with Gasteiger partial charge in [-0.15, -0.1) is 0 Å². The molecule has 0 unspecified atom stereocenters. The molecule has 0 aliphatic heterocycles. The summed E-state index contributed by atoms with van der Waals surface area (Å²) in [6.07, 6.45) is 0. The largest absolute Gasteiger partial charge is 0.309 e. The van der Waals surface area contributed by atoms with Gasteiger partial charge < -0.3 is 13.7 Å². The van der Waals surface area contributed by atoms with Crippen molar-refractivity contribution in [3.05, 3.63) is 303 Å². The molecule has 0 spiro atoms. The van der Waals surface area contributed by atoms with Crippen LogP contribution in [0.4, 0.5) is 0 Å². The molecule has 0 bridgehead atoms. The van der Waals surface area contributed by atoms with Crippen LogP contribution >= 0.6 is 0 Å². The Morgan fingerprint density at radius 2 is 0.500 bits per heavy atom. The van der Waals surface area contributed by atoms with Gasteiger partial charge in [-0.1, -0.05) is 182 Å². The summed E-state index contributed by atoms with van der Waals surface area (Å²) in [5, 5.41) is 10.7. The third kappa shape index (κ3) is 7.40. The fraction of sp³-hybridized carbons (Fsp3) is 0. The minimum atomic E-state index is 0.630. The van der Waals surface area contributed by atoms with Crippen molar-refractivity contribution in [1.82, 2.24) is 28.2 Å². The lowest BCUT2D eigenvalue weighted by Gasteiger charge is -2.14. The maximum atomic E-state index is 5.56. The van der Waals surface area contributed by atoms with Crippen LogP contribution in [0.1, 0.15) is 0 Å². The van der Waals surface area contributed by atoms with Crippen LogP contribution in [0.2, 0.25) is 0 Å². The van der Waals surface area contributed by atoms with Crippen molar-refractivity contribution in [1.29, 1.82) is 0 Å². The van der Waals surface area contributed by atoms with E-state index in [2.05, 4.69) is 322 Å². The predicted molar refractivity (Wildman–Crippen MR) is 359 cm³/mol. The molecule has 0 saturated heterocycles. The van der Waals surface area contributed by atoms with Crippen LogP contribution < -0.4 is 0 Å². The molecule has 18 rings (SSSR count). The van der Waals surface area contributed by atoms with E-state index >= 15 is 0 Å². The lowest BCUT2D eigenvalue weighted by molar-refractivity contribution is 1.01. The number of benzene rings is 13. The summed E-state index contributed by atoms with van der Waals surface area (Å²) in [6, 6.07) is 110. The van der Waals surface area contributed by atoms with E-state index in [1.807, 2.05) is 0 Å². The van der Waals surface area contributed by atoms with E-state index in [4.69, 9.17) is 9.97 Å². The number of fused-ring (bicyclic) bond motifs is 13. The molecule has 13 aromatic carbocycles. The van der Waals surface area contributed by atoms with Gasteiger partial charge >= 0.3 is 0 Å². The number of aromatic nitrogens is 6. The number of para-hydroxylation sites is 6. The van der Waals surface area contributed by atoms with Crippen molar-refractivity contribution in [2.24, 2.45) is 0 Å². The SMILES string of the molecule is c1ccc(-c2nc(-n3c4ccccc4c4cc(-c5ccc6c(c5)c5ccccc5n6-c5ccccc5)ccc43)nc3ccc(-c4cccc(-n5c6ccccc6c6cc(-c7ccc8c(c7)c7ccccc7n8-c7ccccc7)ccc65)c4)cc23)cc1. The standard InChI is InChI=1S/C80H50N6/c1-4-19-51(20-5-1)79-69-50-53(52-21-18-26-60(45-52)85-73-33-16-12-29-63(73)67-48-56(38-43-77(67)85)54-36-41-75-65(46-54)61-27-10-14-31-71(61)83(75)58-22-6-2-7-23-58)35-40-70(69)81-80(82-79)86-74-34-17-13-30-64(74)68-49-57(39-44-78(68)86)55-37-42-76-66(47-55)62-28-11-15-32-72(62)84(76)59-24-8-3-9-25-59/h1-50H. The second-order valence-electron chi connectivity index (χ2n) is 22.5. The summed E-state index contributed by atoms with van der Waals surface area (Å²) in [5.74, 6) is 0.630. The highest BCUT2D eigenvalue weighted by atomic mass is 15.2. The Balaban J connectivity index is 0.731. The second kappa shape index (κ2) is 19.0. The van der Waals surface area contributed by atoms with E-state index in [1.54, 1.807) is 0 Å². The van der Waals surface area contributed by atoms with Crippen LogP contribution in [0, 0.1) is 0 Å². The summed E-state index contributed by atoms with van der Waals surface area (Å²) >= 11 is 0. The topological polar surface area (TPSA) is 45.5 Å². The first kappa shape index (κ1) is 48.0. The summed E-state index contributed by atoms with van der Waals surface area (Å²) in [5.41, 5.74) is 22.3. The number of hydrogen-bond donors (Lipinski definition) is 0. The molecule has 18 aromatic rings. The van der Waals surface area contributed by atoms with Gasteiger partial charge in [0.2, 0.25) is 5.95 Å². The number of rotatable bonds is 8. The maximum absolute atomic E-state index is 5.56. The first-order valence-corrected chi connectivity index (χ1v) is 29.4. The van der Waals surface area contributed by atoms with Gasteiger partial charge in [0.05, 0.1) is 55.3 Å². The van der Waals surface area contributed by atoms with Gasteiger partial charge in [0.1, 0.15) is 0 Å². The number of nitrogens with zero attached hydrogens (tertiary/aromatic N) is 6. The van der Waals surface area contributed by atoms with Gasteiger partial charge in [-0.05, 0) is 155 Å². The van der Waals surface area contributed by atoms with E-state index < -0.39 is 0 Å². The Kier molecular flexibility index (Phi) is 10.6. The highest BCUT2D eigenvalue weighted by Crippen LogP contribution is 2.42. The third-order valence-corrected chi connectivity index (χ3v) is 17.8. The Hall–Kier alpha value is -11.6. The fourth-order valence-corrected chi connectivity index (χ4v) is 13.9. The molecule has 0 N–H and O–H groups in total. The van der Waals surface area contributed by atoms with Crippen molar-refractivity contribution in [2.45, 2.75) is 0 Å². The van der Waals surface area contributed by atoms with Crippen molar-refractivity contribution >= 4 is 98.1 Å². The minimum absolute atomic E-state index is 0.630. The van der Waals surface area contributed by atoms with Crippen LogP contribution in [0.15, 0.2) is 303 Å². The van der Waals surface area contributed by atoms with Crippen molar-refractivity contribution in [3.63, 3.8) is 0 Å². The molecule has 0 radical (unpaired) electrons. The van der Waals surface area contributed by atoms with Gasteiger partial charge in [0.25, 0.3) is 0 Å². The lowest BCUT2D eigenvalue weighted by Crippen LogP contribution is -2.03. The van der Waals surface area contributed by atoms with Crippen LogP contribution in [0.3, 0.4) is 0 Å². The molecule has 0 aliphatic rings. The van der Waals surface area contributed by atoms with Gasteiger partial charge in [-0.25, -0.2) is 9.97 Å². The van der Waals surface area contributed by atoms with Crippen LogP contribution in [0.25, 0.3) is 166 Å². The molecule has 5 aromatic heterocycles. The van der Waals surface area contributed by atoms with Crippen molar-refractivity contribution < 1.29 is 0 Å². The van der Waals surface area contributed by atoms with Crippen LogP contribution in [-0.4, -0.2) is 28.2 Å². The van der Waals surface area contributed by atoms with E-state index in [-0.39, 0.29) is 0 Å². The molecule has 0 amide bonds. The average molecular weight is 1100 g/mol. The Bertz CT molecular complexity index is 5770. The normalized spacial score (nSPS) is 12.0. The molecule has 0 aliphatic carbocycles. The average Bonchev–Trinajstić information content (AvgIpc) is 1.97. The minimum Gasteiger partial charge on any atom is -0.309 e. The quantitative estimate of drug-likeness (QED) is 0.152. The van der Waals surface area contributed by atoms with E-state index in [9.17, 15) is 0 Å². The zero-order chi connectivity index (χ0) is 56.4. The monoisotopic (exact) mass is 1090 g/mol. The lowest BCUT2D eigenvalue weighted by atomic mass is 9.99. The van der Waals surface area contributed by atoms with Crippen LogP contribution in [0.5, 0.6) is 0 Å². The molecule has 6 heteroatoms. The van der Waals surface area contributed by atoms with Gasteiger partial charge in [0.15, 0.2) is 0 Å². The summed E-state index contributed by atoms with van der Waals surface area (Å²) in [6.45, 7) is 0. The maximum Gasteiger partial charge on any atom is 0.235 e. The Morgan fingerprint density at radius 3 is 0.953 bits per heavy atom. The zero-order valence-electron chi connectivity index (χ0n) is 46.6.